The molecule has 1 N–H and O–H groups in total. The van der Waals surface area contributed by atoms with Crippen molar-refractivity contribution in [1.82, 2.24) is 14.9 Å². The van der Waals surface area contributed by atoms with E-state index in [1.165, 1.54) is 0 Å². The van der Waals surface area contributed by atoms with Gasteiger partial charge in [-0.3, -0.25) is 4.79 Å². The first-order chi connectivity index (χ1) is 17.2. The second kappa shape index (κ2) is 12.1. The third-order valence-electron chi connectivity index (χ3n) is 6.10. The molecular weight excluding hydrogens is 438 g/mol. The number of carbonyl (C=O) groups is 1. The minimum Gasteiger partial charge on any atom is -0.493 e. The Labute approximate surface area is 206 Å². The lowest BCUT2D eigenvalue weighted by Crippen LogP contribution is -2.26. The van der Waals surface area contributed by atoms with E-state index in [-0.39, 0.29) is 5.91 Å². The van der Waals surface area contributed by atoms with Gasteiger partial charge >= 0.3 is 0 Å². The Morgan fingerprint density at radius 3 is 2.51 bits per heavy atom. The molecule has 0 aliphatic carbocycles. The molecule has 0 spiro atoms. The molecule has 4 aromatic rings. The molecular formula is C29H33N3O3. The number of benzene rings is 3. The van der Waals surface area contributed by atoms with E-state index in [2.05, 4.69) is 16.0 Å². The average Bonchev–Trinajstić information content (AvgIpc) is 3.23. The second-order valence-electron chi connectivity index (χ2n) is 8.58. The summed E-state index contributed by atoms with van der Waals surface area (Å²) < 4.78 is 13.6. The van der Waals surface area contributed by atoms with E-state index in [1.54, 1.807) is 7.11 Å². The van der Waals surface area contributed by atoms with Gasteiger partial charge in [-0.25, -0.2) is 4.98 Å². The molecule has 0 saturated heterocycles. The van der Waals surface area contributed by atoms with Gasteiger partial charge in [0.2, 0.25) is 5.91 Å². The monoisotopic (exact) mass is 471 g/mol. The van der Waals surface area contributed by atoms with Crippen LogP contribution in [0, 0.1) is 6.92 Å². The Hall–Kier alpha value is -3.80. The smallest absolute Gasteiger partial charge is 0.224 e. The van der Waals surface area contributed by atoms with E-state index in [1.807, 2.05) is 73.7 Å². The lowest BCUT2D eigenvalue weighted by atomic mass is 10.1. The summed E-state index contributed by atoms with van der Waals surface area (Å²) in [5, 5.41) is 3.06. The Morgan fingerprint density at radius 1 is 0.943 bits per heavy atom. The van der Waals surface area contributed by atoms with E-state index in [0.29, 0.717) is 19.6 Å². The summed E-state index contributed by atoms with van der Waals surface area (Å²) >= 11 is 0. The molecule has 0 aliphatic rings. The number of methoxy groups -OCH3 is 1. The van der Waals surface area contributed by atoms with Crippen LogP contribution in [0.15, 0.2) is 72.8 Å². The number of fused-ring (bicyclic) bond motifs is 1. The molecule has 0 radical (unpaired) electrons. The van der Waals surface area contributed by atoms with Crippen LogP contribution < -0.4 is 14.8 Å². The van der Waals surface area contributed by atoms with Crippen molar-refractivity contribution in [1.29, 1.82) is 0 Å². The Balaban J connectivity index is 1.30. The maximum Gasteiger partial charge on any atom is 0.224 e. The summed E-state index contributed by atoms with van der Waals surface area (Å²) in [5.41, 5.74) is 4.34. The van der Waals surface area contributed by atoms with Gasteiger partial charge in [-0.2, -0.15) is 0 Å². The van der Waals surface area contributed by atoms with Crippen LogP contribution in [0.5, 0.6) is 11.5 Å². The Morgan fingerprint density at radius 2 is 1.69 bits per heavy atom. The molecule has 0 aliphatic heterocycles. The summed E-state index contributed by atoms with van der Waals surface area (Å²) in [6, 6.07) is 23.9. The first-order valence-corrected chi connectivity index (χ1v) is 12.2. The topological polar surface area (TPSA) is 65.4 Å². The zero-order valence-electron chi connectivity index (χ0n) is 20.5. The van der Waals surface area contributed by atoms with Gasteiger partial charge in [0.05, 0.1) is 31.2 Å². The number of nitrogens with zero attached hydrogens (tertiary/aromatic N) is 2. The normalized spacial score (nSPS) is 10.9. The molecule has 4 rings (SSSR count). The average molecular weight is 472 g/mol. The molecule has 6 nitrogen and oxygen atoms in total. The molecule has 35 heavy (non-hydrogen) atoms. The molecule has 3 aromatic carbocycles. The molecule has 0 atom stereocenters. The molecule has 1 aromatic heterocycles. The molecule has 0 unspecified atom stereocenters. The third-order valence-corrected chi connectivity index (χ3v) is 6.10. The number of amides is 1. The maximum atomic E-state index is 12.4. The molecule has 1 heterocycles. The van der Waals surface area contributed by atoms with Crippen molar-refractivity contribution in [2.75, 3.05) is 20.3 Å². The van der Waals surface area contributed by atoms with Crippen molar-refractivity contribution in [3.8, 4) is 11.5 Å². The van der Waals surface area contributed by atoms with Crippen LogP contribution >= 0.6 is 0 Å². The highest BCUT2D eigenvalue weighted by atomic mass is 16.5. The second-order valence-corrected chi connectivity index (χ2v) is 8.58. The largest absolute Gasteiger partial charge is 0.493 e. The first kappa shape index (κ1) is 24.3. The highest BCUT2D eigenvalue weighted by Gasteiger charge is 2.11. The van der Waals surface area contributed by atoms with Gasteiger partial charge in [0, 0.05) is 19.5 Å². The minimum absolute atomic E-state index is 0.0568. The standard InChI is InChI=1S/C29H33N3O3/c1-22-11-3-4-12-23(22)21-29(33)30-18-9-17-28-31-24-13-5-6-14-25(24)32(28)19-10-20-35-27-16-8-7-15-26(27)34-2/h3-8,11-16H,9-10,17-21H2,1-2H3,(H,30,33). The fraction of sp³-hybridized carbons (Fsp3) is 0.310. The number of rotatable bonds is 12. The van der Waals surface area contributed by atoms with Gasteiger partial charge in [-0.05, 0) is 55.2 Å². The van der Waals surface area contributed by atoms with Crippen LogP contribution in [0.1, 0.15) is 29.8 Å². The molecule has 182 valence electrons. The predicted molar refractivity (Wildman–Crippen MR) is 139 cm³/mol. The van der Waals surface area contributed by atoms with E-state index in [4.69, 9.17) is 14.5 Å². The highest BCUT2D eigenvalue weighted by Crippen LogP contribution is 2.26. The number of ether oxygens (including phenoxy) is 2. The number of aryl methyl sites for hydroxylation is 3. The molecule has 6 heteroatoms. The van der Waals surface area contributed by atoms with Crippen LogP contribution in [0.3, 0.4) is 0 Å². The minimum atomic E-state index is 0.0568. The van der Waals surface area contributed by atoms with Crippen molar-refractivity contribution in [2.24, 2.45) is 0 Å². The van der Waals surface area contributed by atoms with Crippen LogP contribution in [0.2, 0.25) is 0 Å². The molecule has 0 bridgehead atoms. The number of para-hydroxylation sites is 4. The summed E-state index contributed by atoms with van der Waals surface area (Å²) in [6.07, 6.45) is 2.89. The summed E-state index contributed by atoms with van der Waals surface area (Å²) in [4.78, 5) is 17.2. The SMILES string of the molecule is COc1ccccc1OCCCn1c(CCCNC(=O)Cc2ccccc2C)nc2ccccc21. The first-order valence-electron chi connectivity index (χ1n) is 12.2. The van der Waals surface area contributed by atoms with Crippen molar-refractivity contribution in [2.45, 2.75) is 39.2 Å². The number of hydrogen-bond acceptors (Lipinski definition) is 4. The quantitative estimate of drug-likeness (QED) is 0.292. The number of aromatic nitrogens is 2. The fourth-order valence-electron chi connectivity index (χ4n) is 4.23. The fourth-order valence-corrected chi connectivity index (χ4v) is 4.23. The zero-order valence-corrected chi connectivity index (χ0v) is 20.5. The summed E-state index contributed by atoms with van der Waals surface area (Å²) in [7, 11) is 1.65. The van der Waals surface area contributed by atoms with E-state index < -0.39 is 0 Å². The van der Waals surface area contributed by atoms with Crippen LogP contribution in [-0.4, -0.2) is 35.7 Å². The molecule has 1 amide bonds. The lowest BCUT2D eigenvalue weighted by molar-refractivity contribution is -0.120. The van der Waals surface area contributed by atoms with Crippen LogP contribution in [0.25, 0.3) is 11.0 Å². The number of hydrogen-bond donors (Lipinski definition) is 1. The Bertz CT molecular complexity index is 1270. The van der Waals surface area contributed by atoms with Gasteiger partial charge < -0.3 is 19.4 Å². The van der Waals surface area contributed by atoms with E-state index >= 15 is 0 Å². The summed E-state index contributed by atoms with van der Waals surface area (Å²) in [6.45, 7) is 4.06. The zero-order chi connectivity index (χ0) is 24.5. The van der Waals surface area contributed by atoms with Crippen molar-refractivity contribution >= 4 is 16.9 Å². The van der Waals surface area contributed by atoms with E-state index in [0.717, 1.165) is 65.3 Å². The predicted octanol–water partition coefficient (Wildman–Crippen LogP) is 5.11. The number of imidazole rings is 1. The van der Waals surface area contributed by atoms with Gasteiger partial charge in [0.25, 0.3) is 0 Å². The van der Waals surface area contributed by atoms with Crippen molar-refractivity contribution < 1.29 is 14.3 Å². The van der Waals surface area contributed by atoms with E-state index in [9.17, 15) is 4.79 Å². The van der Waals surface area contributed by atoms with Crippen LogP contribution in [0.4, 0.5) is 0 Å². The number of carbonyl (C=O) groups excluding carboxylic acids is 1. The lowest BCUT2D eigenvalue weighted by Gasteiger charge is -2.12. The maximum absolute atomic E-state index is 12.4. The third kappa shape index (κ3) is 6.41. The van der Waals surface area contributed by atoms with Gasteiger partial charge in [-0.1, -0.05) is 48.5 Å². The van der Waals surface area contributed by atoms with Crippen molar-refractivity contribution in [3.63, 3.8) is 0 Å². The Kier molecular flexibility index (Phi) is 8.39. The molecule has 0 saturated carbocycles. The van der Waals surface area contributed by atoms with Crippen LogP contribution in [-0.2, 0) is 24.2 Å². The summed E-state index contributed by atoms with van der Waals surface area (Å²) in [5.74, 6) is 2.59. The van der Waals surface area contributed by atoms with Crippen molar-refractivity contribution in [3.05, 3.63) is 89.7 Å². The van der Waals surface area contributed by atoms with Gasteiger partial charge in [0.15, 0.2) is 11.5 Å². The van der Waals surface area contributed by atoms with Gasteiger partial charge in [0.1, 0.15) is 5.82 Å². The van der Waals surface area contributed by atoms with Gasteiger partial charge in [-0.15, -0.1) is 0 Å². The highest BCUT2D eigenvalue weighted by molar-refractivity contribution is 5.79. The number of nitrogens with one attached hydrogen (secondary N) is 1. The molecule has 0 fully saturated rings.